The quantitative estimate of drug-likeness (QED) is 0.700. The van der Waals surface area contributed by atoms with Crippen molar-refractivity contribution < 1.29 is 13.2 Å². The van der Waals surface area contributed by atoms with E-state index in [1.807, 2.05) is 48.2 Å². The van der Waals surface area contributed by atoms with Crippen LogP contribution in [0.1, 0.15) is 18.4 Å². The second-order valence-corrected chi connectivity index (χ2v) is 10.7. The Morgan fingerprint density at radius 1 is 0.871 bits per heavy atom. The van der Waals surface area contributed by atoms with Crippen molar-refractivity contribution in [2.24, 2.45) is 5.92 Å². The zero-order valence-corrected chi connectivity index (χ0v) is 19.3. The molecule has 2 aliphatic heterocycles. The first-order valence-corrected chi connectivity index (χ1v) is 12.5. The zero-order chi connectivity index (χ0) is 22.0. The van der Waals surface area contributed by atoms with Crippen LogP contribution >= 0.6 is 11.6 Å². The number of sulfonamides is 1. The molecule has 2 aromatic carbocycles. The minimum Gasteiger partial charge on any atom is -0.368 e. The molecule has 0 radical (unpaired) electrons. The summed E-state index contributed by atoms with van der Waals surface area (Å²) in [7, 11) is -3.50. The molecule has 0 saturated carbocycles. The Kier molecular flexibility index (Phi) is 6.55. The summed E-state index contributed by atoms with van der Waals surface area (Å²) < 4.78 is 27.3. The maximum atomic E-state index is 13.0. The van der Waals surface area contributed by atoms with Gasteiger partial charge in [0.05, 0.1) is 4.90 Å². The molecule has 8 heteroatoms. The second kappa shape index (κ2) is 9.18. The molecule has 2 heterocycles. The van der Waals surface area contributed by atoms with E-state index >= 15 is 0 Å². The van der Waals surface area contributed by atoms with Crippen molar-refractivity contribution in [2.45, 2.75) is 24.7 Å². The van der Waals surface area contributed by atoms with Crippen molar-refractivity contribution in [3.63, 3.8) is 0 Å². The third-order valence-corrected chi connectivity index (χ3v) is 8.41. The van der Waals surface area contributed by atoms with Gasteiger partial charge >= 0.3 is 0 Å². The Bertz CT molecular complexity index is 1010. The van der Waals surface area contributed by atoms with Gasteiger partial charge in [-0.2, -0.15) is 4.31 Å². The summed E-state index contributed by atoms with van der Waals surface area (Å²) in [6, 6.07) is 14.7. The van der Waals surface area contributed by atoms with Gasteiger partial charge in [-0.3, -0.25) is 4.79 Å². The molecule has 2 fully saturated rings. The molecular weight excluding hydrogens is 434 g/mol. The fourth-order valence-electron chi connectivity index (χ4n) is 4.30. The molecule has 0 unspecified atom stereocenters. The van der Waals surface area contributed by atoms with Crippen LogP contribution in [-0.2, 0) is 14.8 Å². The molecule has 166 valence electrons. The van der Waals surface area contributed by atoms with Crippen LogP contribution in [0.5, 0.6) is 0 Å². The van der Waals surface area contributed by atoms with Gasteiger partial charge in [0.15, 0.2) is 0 Å². The summed E-state index contributed by atoms with van der Waals surface area (Å²) in [6.07, 6.45) is 1.14. The summed E-state index contributed by atoms with van der Waals surface area (Å²) in [6.45, 7) is 5.65. The van der Waals surface area contributed by atoms with E-state index in [0.29, 0.717) is 48.9 Å². The maximum Gasteiger partial charge on any atom is 0.243 e. The molecule has 0 aromatic heterocycles. The number of carbonyl (C=O) groups excluding carboxylic acids is 1. The zero-order valence-electron chi connectivity index (χ0n) is 17.7. The van der Waals surface area contributed by atoms with E-state index < -0.39 is 10.0 Å². The van der Waals surface area contributed by atoms with Crippen LogP contribution in [0, 0.1) is 12.8 Å². The standard InChI is InChI=1S/C23H28ClN3O3S/c1-18-2-8-22(9-3-18)31(29,30)27-12-10-19(11-13-27)23(28)26-16-14-25(15-17-26)21-6-4-20(24)5-7-21/h2-9,19H,10-17H2,1H3. The topological polar surface area (TPSA) is 60.9 Å². The lowest BCUT2D eigenvalue weighted by molar-refractivity contribution is -0.137. The van der Waals surface area contributed by atoms with Crippen molar-refractivity contribution in [2.75, 3.05) is 44.2 Å². The molecule has 0 aliphatic carbocycles. The lowest BCUT2D eigenvalue weighted by Crippen LogP contribution is -2.52. The van der Waals surface area contributed by atoms with Crippen LogP contribution in [0.2, 0.25) is 5.02 Å². The fraction of sp³-hybridized carbons (Fsp3) is 0.435. The van der Waals surface area contributed by atoms with E-state index in [1.54, 1.807) is 12.1 Å². The highest BCUT2D eigenvalue weighted by Crippen LogP contribution is 2.26. The number of piperidine rings is 1. The Morgan fingerprint density at radius 3 is 2.03 bits per heavy atom. The van der Waals surface area contributed by atoms with Crippen LogP contribution < -0.4 is 4.90 Å². The molecule has 0 atom stereocenters. The highest BCUT2D eigenvalue weighted by molar-refractivity contribution is 7.89. The van der Waals surface area contributed by atoms with Crippen molar-refractivity contribution in [3.8, 4) is 0 Å². The normalized spacial score (nSPS) is 18.9. The number of piperazine rings is 1. The van der Waals surface area contributed by atoms with E-state index in [4.69, 9.17) is 11.6 Å². The van der Waals surface area contributed by atoms with Crippen LogP contribution in [0.4, 0.5) is 5.69 Å². The number of rotatable bonds is 4. The van der Waals surface area contributed by atoms with Crippen LogP contribution in [-0.4, -0.2) is 62.8 Å². The van der Waals surface area contributed by atoms with Crippen molar-refractivity contribution in [3.05, 3.63) is 59.1 Å². The minimum absolute atomic E-state index is 0.105. The van der Waals surface area contributed by atoms with Gasteiger partial charge in [-0.15, -0.1) is 0 Å². The number of aryl methyl sites for hydroxylation is 1. The fourth-order valence-corrected chi connectivity index (χ4v) is 5.89. The number of anilines is 1. The first-order valence-electron chi connectivity index (χ1n) is 10.7. The van der Waals surface area contributed by atoms with Crippen molar-refractivity contribution in [1.29, 1.82) is 0 Å². The Labute approximate surface area is 189 Å². The van der Waals surface area contributed by atoms with Crippen molar-refractivity contribution in [1.82, 2.24) is 9.21 Å². The summed E-state index contributed by atoms with van der Waals surface area (Å²) in [5, 5.41) is 0.716. The molecule has 0 bridgehead atoms. The smallest absolute Gasteiger partial charge is 0.243 e. The van der Waals surface area contributed by atoms with Gasteiger partial charge in [0.25, 0.3) is 0 Å². The van der Waals surface area contributed by atoms with E-state index in [9.17, 15) is 13.2 Å². The summed E-state index contributed by atoms with van der Waals surface area (Å²) in [4.78, 5) is 17.5. The number of benzene rings is 2. The first-order chi connectivity index (χ1) is 14.8. The number of carbonyl (C=O) groups is 1. The Morgan fingerprint density at radius 2 is 1.45 bits per heavy atom. The van der Waals surface area contributed by atoms with E-state index in [1.165, 1.54) is 4.31 Å². The summed E-state index contributed by atoms with van der Waals surface area (Å²) in [5.74, 6) is 0.0506. The molecule has 2 saturated heterocycles. The largest absolute Gasteiger partial charge is 0.368 e. The van der Waals surface area contributed by atoms with E-state index in [0.717, 1.165) is 24.3 Å². The molecule has 1 amide bonds. The Balaban J connectivity index is 1.30. The maximum absolute atomic E-state index is 13.0. The molecule has 6 nitrogen and oxygen atoms in total. The highest BCUT2D eigenvalue weighted by atomic mass is 35.5. The lowest BCUT2D eigenvalue weighted by Gasteiger charge is -2.39. The summed E-state index contributed by atoms with van der Waals surface area (Å²) in [5.41, 5.74) is 2.14. The number of nitrogens with zero attached hydrogens (tertiary/aromatic N) is 3. The first kappa shape index (κ1) is 22.1. The lowest BCUT2D eigenvalue weighted by atomic mass is 9.96. The number of amides is 1. The van der Waals surface area contributed by atoms with Crippen LogP contribution in [0.3, 0.4) is 0 Å². The minimum atomic E-state index is -3.50. The number of hydrogen-bond donors (Lipinski definition) is 0. The highest BCUT2D eigenvalue weighted by Gasteiger charge is 2.34. The van der Waals surface area contributed by atoms with Crippen LogP contribution in [0.15, 0.2) is 53.4 Å². The number of halogens is 1. The van der Waals surface area contributed by atoms with E-state index in [2.05, 4.69) is 4.90 Å². The third-order valence-electron chi connectivity index (χ3n) is 6.25. The molecule has 2 aromatic rings. The molecule has 31 heavy (non-hydrogen) atoms. The van der Waals surface area contributed by atoms with Gasteiger partial charge in [0.2, 0.25) is 15.9 Å². The van der Waals surface area contributed by atoms with Crippen LogP contribution in [0.25, 0.3) is 0 Å². The SMILES string of the molecule is Cc1ccc(S(=O)(=O)N2CCC(C(=O)N3CCN(c4ccc(Cl)cc4)CC3)CC2)cc1. The average Bonchev–Trinajstić information content (AvgIpc) is 2.80. The predicted octanol–water partition coefficient (Wildman–Crippen LogP) is 3.40. The molecule has 0 N–H and O–H groups in total. The van der Waals surface area contributed by atoms with Gasteiger partial charge in [-0.25, -0.2) is 8.42 Å². The van der Waals surface area contributed by atoms with Gasteiger partial charge in [-0.1, -0.05) is 29.3 Å². The monoisotopic (exact) mass is 461 g/mol. The third kappa shape index (κ3) is 4.89. The summed E-state index contributed by atoms with van der Waals surface area (Å²) >= 11 is 5.97. The van der Waals surface area contributed by atoms with E-state index in [-0.39, 0.29) is 11.8 Å². The Hall–Kier alpha value is -2.09. The molecule has 0 spiro atoms. The van der Waals surface area contributed by atoms with Gasteiger partial charge < -0.3 is 9.80 Å². The predicted molar refractivity (Wildman–Crippen MR) is 123 cm³/mol. The average molecular weight is 462 g/mol. The second-order valence-electron chi connectivity index (χ2n) is 8.28. The molecule has 2 aliphatic rings. The number of hydrogen-bond acceptors (Lipinski definition) is 4. The van der Waals surface area contributed by atoms with Crippen molar-refractivity contribution >= 4 is 33.2 Å². The van der Waals surface area contributed by atoms with Gasteiger partial charge in [0, 0.05) is 55.9 Å². The van der Waals surface area contributed by atoms with Gasteiger partial charge in [-0.05, 0) is 56.2 Å². The molecular formula is C23H28ClN3O3S. The molecule has 4 rings (SSSR count). The van der Waals surface area contributed by atoms with Gasteiger partial charge in [0.1, 0.15) is 0 Å².